The number of amides is 1. The van der Waals surface area contributed by atoms with Crippen LogP contribution in [-0.2, 0) is 19.1 Å². The molecule has 1 N–H and O–H groups in total. The van der Waals surface area contributed by atoms with E-state index < -0.39 is 24.5 Å². The van der Waals surface area contributed by atoms with Gasteiger partial charge in [0, 0.05) is 11.3 Å². The van der Waals surface area contributed by atoms with E-state index >= 15 is 0 Å². The topological polar surface area (TPSA) is 90.9 Å². The van der Waals surface area contributed by atoms with Gasteiger partial charge in [0.1, 0.15) is 5.75 Å². The SMILES string of the molecule is COC(=O)c1ccc(NC(=O)COC(=O)COc2ccccc2-c2ccccc2)cc1. The summed E-state index contributed by atoms with van der Waals surface area (Å²) >= 11 is 0. The third kappa shape index (κ3) is 6.17. The molecule has 3 aromatic carbocycles. The lowest BCUT2D eigenvalue weighted by Crippen LogP contribution is -2.23. The molecule has 158 valence electrons. The molecule has 7 nitrogen and oxygen atoms in total. The van der Waals surface area contributed by atoms with E-state index in [1.807, 2.05) is 48.5 Å². The molecule has 0 spiro atoms. The van der Waals surface area contributed by atoms with E-state index in [-0.39, 0.29) is 6.61 Å². The highest BCUT2D eigenvalue weighted by molar-refractivity contribution is 5.94. The van der Waals surface area contributed by atoms with Crippen LogP contribution in [-0.4, -0.2) is 38.2 Å². The van der Waals surface area contributed by atoms with Gasteiger partial charge in [-0.15, -0.1) is 0 Å². The first-order valence-electron chi connectivity index (χ1n) is 9.48. The predicted molar refractivity (Wildman–Crippen MR) is 115 cm³/mol. The van der Waals surface area contributed by atoms with Crippen LogP contribution in [0, 0.1) is 0 Å². The van der Waals surface area contributed by atoms with Crippen molar-refractivity contribution in [2.45, 2.75) is 0 Å². The van der Waals surface area contributed by atoms with Gasteiger partial charge < -0.3 is 19.5 Å². The molecule has 0 aromatic heterocycles. The molecule has 0 atom stereocenters. The van der Waals surface area contributed by atoms with Crippen LogP contribution in [0.25, 0.3) is 11.1 Å². The molecule has 0 aliphatic heterocycles. The predicted octanol–water partition coefficient (Wildman–Crippen LogP) is 3.70. The Balaban J connectivity index is 1.48. The van der Waals surface area contributed by atoms with Crippen LogP contribution in [0.4, 0.5) is 5.69 Å². The number of carbonyl (C=O) groups excluding carboxylic acids is 3. The molecular formula is C24H21NO6. The molecule has 3 rings (SSSR count). The standard InChI is InChI=1S/C24H21NO6/c1-29-24(28)18-11-13-19(14-12-18)25-22(26)15-31-23(27)16-30-21-10-6-5-9-20(21)17-7-3-2-4-8-17/h2-14H,15-16H2,1H3,(H,25,26). The largest absolute Gasteiger partial charge is 0.481 e. The Hall–Kier alpha value is -4.13. The second kappa shape index (κ2) is 10.6. The Morgan fingerprint density at radius 1 is 0.806 bits per heavy atom. The summed E-state index contributed by atoms with van der Waals surface area (Å²) < 4.78 is 15.2. The number of carbonyl (C=O) groups is 3. The molecule has 0 bridgehead atoms. The van der Waals surface area contributed by atoms with Gasteiger partial charge in [-0.1, -0.05) is 48.5 Å². The third-order valence-corrected chi connectivity index (χ3v) is 4.27. The zero-order valence-corrected chi connectivity index (χ0v) is 16.9. The van der Waals surface area contributed by atoms with Crippen molar-refractivity contribution in [1.82, 2.24) is 0 Å². The number of hydrogen-bond acceptors (Lipinski definition) is 6. The van der Waals surface area contributed by atoms with Crippen molar-refractivity contribution in [3.8, 4) is 16.9 Å². The molecule has 0 saturated heterocycles. The van der Waals surface area contributed by atoms with Crippen molar-refractivity contribution in [1.29, 1.82) is 0 Å². The van der Waals surface area contributed by atoms with Crippen LogP contribution in [0.15, 0.2) is 78.9 Å². The monoisotopic (exact) mass is 419 g/mol. The summed E-state index contributed by atoms with van der Waals surface area (Å²) in [4.78, 5) is 35.4. The Labute approximate surface area is 179 Å². The maximum atomic E-state index is 12.0. The summed E-state index contributed by atoms with van der Waals surface area (Å²) in [6.45, 7) is -0.785. The van der Waals surface area contributed by atoms with E-state index in [4.69, 9.17) is 9.47 Å². The average molecular weight is 419 g/mol. The van der Waals surface area contributed by atoms with Crippen LogP contribution in [0.1, 0.15) is 10.4 Å². The number of hydrogen-bond donors (Lipinski definition) is 1. The molecule has 0 aliphatic rings. The van der Waals surface area contributed by atoms with Gasteiger partial charge in [-0.2, -0.15) is 0 Å². The number of nitrogens with one attached hydrogen (secondary N) is 1. The fourth-order valence-electron chi connectivity index (χ4n) is 2.78. The summed E-state index contributed by atoms with van der Waals surface area (Å²) in [5.74, 6) is -1.11. The molecule has 0 radical (unpaired) electrons. The van der Waals surface area contributed by atoms with Gasteiger partial charge in [0.25, 0.3) is 5.91 Å². The number of esters is 2. The fraction of sp³-hybridized carbons (Fsp3) is 0.125. The van der Waals surface area contributed by atoms with Gasteiger partial charge in [-0.3, -0.25) is 4.79 Å². The number of para-hydroxylation sites is 1. The quantitative estimate of drug-likeness (QED) is 0.560. The number of rotatable bonds is 8. The maximum Gasteiger partial charge on any atom is 0.344 e. The molecule has 3 aromatic rings. The normalized spacial score (nSPS) is 10.1. The zero-order chi connectivity index (χ0) is 22.1. The first-order chi connectivity index (χ1) is 15.1. The zero-order valence-electron chi connectivity index (χ0n) is 16.9. The minimum Gasteiger partial charge on any atom is -0.481 e. The van der Waals surface area contributed by atoms with Gasteiger partial charge in [0.2, 0.25) is 0 Å². The van der Waals surface area contributed by atoms with E-state index in [1.165, 1.54) is 19.2 Å². The third-order valence-electron chi connectivity index (χ3n) is 4.27. The summed E-state index contributed by atoms with van der Waals surface area (Å²) in [7, 11) is 1.29. The summed E-state index contributed by atoms with van der Waals surface area (Å²) in [6.07, 6.45) is 0. The molecule has 0 heterocycles. The van der Waals surface area contributed by atoms with E-state index in [0.29, 0.717) is 17.0 Å². The first-order valence-corrected chi connectivity index (χ1v) is 9.48. The van der Waals surface area contributed by atoms with Crippen molar-refractivity contribution >= 4 is 23.5 Å². The molecule has 1 amide bonds. The smallest absolute Gasteiger partial charge is 0.344 e. The van der Waals surface area contributed by atoms with Crippen LogP contribution in [0.5, 0.6) is 5.75 Å². The lowest BCUT2D eigenvalue weighted by Gasteiger charge is -2.11. The van der Waals surface area contributed by atoms with E-state index in [9.17, 15) is 14.4 Å². The van der Waals surface area contributed by atoms with Crippen molar-refractivity contribution in [3.05, 3.63) is 84.4 Å². The summed E-state index contributed by atoms with van der Waals surface area (Å²) in [6, 6.07) is 23.1. The highest BCUT2D eigenvalue weighted by atomic mass is 16.6. The molecule has 0 fully saturated rings. The van der Waals surface area contributed by atoms with Crippen molar-refractivity contribution in [2.75, 3.05) is 25.6 Å². The molecule has 0 unspecified atom stereocenters. The molecule has 31 heavy (non-hydrogen) atoms. The Morgan fingerprint density at radius 3 is 2.19 bits per heavy atom. The average Bonchev–Trinajstić information content (AvgIpc) is 2.82. The molecule has 7 heteroatoms. The van der Waals surface area contributed by atoms with Gasteiger partial charge in [-0.25, -0.2) is 9.59 Å². The van der Waals surface area contributed by atoms with Crippen molar-refractivity contribution in [3.63, 3.8) is 0 Å². The highest BCUT2D eigenvalue weighted by Gasteiger charge is 2.12. The second-order valence-corrected chi connectivity index (χ2v) is 6.43. The first kappa shape index (κ1) is 21.6. The summed E-state index contributed by atoms with van der Waals surface area (Å²) in [5, 5.41) is 2.58. The molecule has 0 saturated carbocycles. The minimum atomic E-state index is -0.668. The fourth-order valence-corrected chi connectivity index (χ4v) is 2.78. The van der Waals surface area contributed by atoms with E-state index in [1.54, 1.807) is 18.2 Å². The van der Waals surface area contributed by atoms with Crippen molar-refractivity contribution < 1.29 is 28.6 Å². The number of ether oxygens (including phenoxy) is 3. The molecule has 0 aliphatic carbocycles. The number of methoxy groups -OCH3 is 1. The summed E-state index contributed by atoms with van der Waals surface area (Å²) in [5.41, 5.74) is 2.63. The van der Waals surface area contributed by atoms with Crippen molar-refractivity contribution in [2.24, 2.45) is 0 Å². The number of anilines is 1. The Bertz CT molecular complexity index is 1050. The lowest BCUT2D eigenvalue weighted by atomic mass is 10.1. The van der Waals surface area contributed by atoms with Crippen LogP contribution in [0.2, 0.25) is 0 Å². The Kier molecular flexibility index (Phi) is 7.37. The van der Waals surface area contributed by atoms with Gasteiger partial charge in [-0.05, 0) is 35.9 Å². The highest BCUT2D eigenvalue weighted by Crippen LogP contribution is 2.29. The number of benzene rings is 3. The van der Waals surface area contributed by atoms with Crippen LogP contribution >= 0.6 is 0 Å². The van der Waals surface area contributed by atoms with Gasteiger partial charge >= 0.3 is 11.9 Å². The molecular weight excluding hydrogens is 398 g/mol. The minimum absolute atomic E-state index is 0.328. The second-order valence-electron chi connectivity index (χ2n) is 6.43. The Morgan fingerprint density at radius 2 is 1.48 bits per heavy atom. The van der Waals surface area contributed by atoms with Gasteiger partial charge in [0.05, 0.1) is 12.7 Å². The maximum absolute atomic E-state index is 12.0. The van der Waals surface area contributed by atoms with E-state index in [2.05, 4.69) is 10.1 Å². The lowest BCUT2D eigenvalue weighted by molar-refractivity contribution is -0.149. The van der Waals surface area contributed by atoms with E-state index in [0.717, 1.165) is 11.1 Å². The van der Waals surface area contributed by atoms with Crippen LogP contribution < -0.4 is 10.1 Å². The van der Waals surface area contributed by atoms with Gasteiger partial charge in [0.15, 0.2) is 13.2 Å². The van der Waals surface area contributed by atoms with Crippen LogP contribution in [0.3, 0.4) is 0 Å².